The van der Waals surface area contributed by atoms with Gasteiger partial charge in [0.1, 0.15) is 0 Å². The summed E-state index contributed by atoms with van der Waals surface area (Å²) in [4.78, 5) is 12.0. The summed E-state index contributed by atoms with van der Waals surface area (Å²) in [5, 5.41) is 10.3. The molecule has 7 heteroatoms. The normalized spacial score (nSPS) is 12.1. The molecule has 0 aliphatic rings. The van der Waals surface area contributed by atoms with Crippen molar-refractivity contribution in [3.8, 4) is 11.5 Å². The highest BCUT2D eigenvalue weighted by Gasteiger charge is 2.15. The average Bonchev–Trinajstić information content (AvgIpc) is 3.01. The quantitative estimate of drug-likeness (QED) is 0.832. The first-order valence-corrected chi connectivity index (χ1v) is 6.54. The van der Waals surface area contributed by atoms with E-state index in [2.05, 4.69) is 15.5 Å². The molecule has 0 aliphatic heterocycles. The van der Waals surface area contributed by atoms with Gasteiger partial charge in [-0.1, -0.05) is 6.07 Å². The molecule has 0 saturated carbocycles. The lowest BCUT2D eigenvalue weighted by molar-refractivity contribution is -0.117. The van der Waals surface area contributed by atoms with Gasteiger partial charge in [-0.3, -0.25) is 4.79 Å². The third kappa shape index (κ3) is 3.87. The van der Waals surface area contributed by atoms with E-state index in [0.29, 0.717) is 24.6 Å². The van der Waals surface area contributed by atoms with Crippen molar-refractivity contribution in [2.45, 2.75) is 19.4 Å². The third-order valence-corrected chi connectivity index (χ3v) is 3.07. The zero-order chi connectivity index (χ0) is 15.2. The number of benzene rings is 1. The van der Waals surface area contributed by atoms with E-state index in [4.69, 9.17) is 14.9 Å². The number of anilines is 1. The maximum absolute atomic E-state index is 12.0. The maximum atomic E-state index is 12.0. The molecule has 3 N–H and O–H groups in total. The topological polar surface area (TPSA) is 103 Å². The number of carbonyl (C=O) groups excluding carboxylic acids is 1. The van der Waals surface area contributed by atoms with Crippen molar-refractivity contribution < 1.29 is 13.9 Å². The number of nitrogens with two attached hydrogens (primary N) is 1. The van der Waals surface area contributed by atoms with Crippen molar-refractivity contribution >= 4 is 11.6 Å². The number of aryl methyl sites for hydroxylation is 1. The zero-order valence-corrected chi connectivity index (χ0v) is 12.0. The Morgan fingerprint density at radius 2 is 2.33 bits per heavy atom. The molecular formula is C14H18N4O3. The second-order valence-corrected chi connectivity index (χ2v) is 4.65. The Kier molecular flexibility index (Phi) is 5.02. The van der Waals surface area contributed by atoms with E-state index < -0.39 is 6.04 Å². The van der Waals surface area contributed by atoms with E-state index in [1.807, 2.05) is 19.1 Å². The number of aromatic nitrogens is 2. The predicted molar refractivity (Wildman–Crippen MR) is 77.6 cm³/mol. The Morgan fingerprint density at radius 3 is 3.00 bits per heavy atom. The molecule has 1 aromatic heterocycles. The molecular weight excluding hydrogens is 272 g/mol. The molecule has 0 radical (unpaired) electrons. The Bertz CT molecular complexity index is 598. The monoisotopic (exact) mass is 290 g/mol. The molecule has 112 valence electrons. The van der Waals surface area contributed by atoms with E-state index in [1.165, 1.54) is 6.39 Å². The molecule has 7 nitrogen and oxygen atoms in total. The predicted octanol–water partition coefficient (Wildman–Crippen LogP) is 1.35. The van der Waals surface area contributed by atoms with Crippen LogP contribution in [0.25, 0.3) is 11.5 Å². The van der Waals surface area contributed by atoms with Gasteiger partial charge < -0.3 is 20.2 Å². The minimum Gasteiger partial charge on any atom is -0.423 e. The number of rotatable bonds is 6. The van der Waals surface area contributed by atoms with Crippen molar-refractivity contribution in [2.24, 2.45) is 5.73 Å². The van der Waals surface area contributed by atoms with Crippen LogP contribution in [-0.2, 0) is 9.53 Å². The van der Waals surface area contributed by atoms with Crippen LogP contribution >= 0.6 is 0 Å². The third-order valence-electron chi connectivity index (χ3n) is 3.07. The van der Waals surface area contributed by atoms with Crippen molar-refractivity contribution in [3.05, 3.63) is 30.2 Å². The Morgan fingerprint density at radius 1 is 1.52 bits per heavy atom. The van der Waals surface area contributed by atoms with Crippen LogP contribution in [0.1, 0.15) is 12.0 Å². The van der Waals surface area contributed by atoms with E-state index in [1.54, 1.807) is 13.2 Å². The van der Waals surface area contributed by atoms with Gasteiger partial charge in [0, 0.05) is 25.0 Å². The molecule has 0 spiro atoms. The number of nitrogens with zero attached hydrogens (tertiary/aromatic N) is 2. The lowest BCUT2D eigenvalue weighted by Crippen LogP contribution is -2.36. The van der Waals surface area contributed by atoms with Gasteiger partial charge >= 0.3 is 0 Å². The molecule has 2 aromatic rings. The van der Waals surface area contributed by atoms with Crippen molar-refractivity contribution in [2.75, 3.05) is 19.0 Å². The number of amides is 1. The lowest BCUT2D eigenvalue weighted by Gasteiger charge is -2.14. The van der Waals surface area contributed by atoms with E-state index >= 15 is 0 Å². The average molecular weight is 290 g/mol. The van der Waals surface area contributed by atoms with E-state index in [-0.39, 0.29) is 5.91 Å². The summed E-state index contributed by atoms with van der Waals surface area (Å²) in [7, 11) is 1.57. The van der Waals surface area contributed by atoms with Crippen LogP contribution in [0.4, 0.5) is 5.69 Å². The number of methoxy groups -OCH3 is 1. The zero-order valence-electron chi connectivity index (χ0n) is 12.0. The van der Waals surface area contributed by atoms with Crippen LogP contribution in [0.15, 0.2) is 29.0 Å². The standard InChI is InChI=1S/C14H18N4O3/c1-9-3-4-10(14-18-16-8-21-14)7-12(9)17-13(19)11(15)5-6-20-2/h3-4,7-8,11H,5-6,15H2,1-2H3,(H,17,19). The van der Waals surface area contributed by atoms with Crippen molar-refractivity contribution in [1.29, 1.82) is 0 Å². The fourth-order valence-corrected chi connectivity index (χ4v) is 1.79. The smallest absolute Gasteiger partial charge is 0.247 e. The Balaban J connectivity index is 2.12. The van der Waals surface area contributed by atoms with Gasteiger partial charge in [-0.2, -0.15) is 0 Å². The summed E-state index contributed by atoms with van der Waals surface area (Å²) >= 11 is 0. The van der Waals surface area contributed by atoms with Gasteiger partial charge in [0.2, 0.25) is 18.2 Å². The molecule has 0 saturated heterocycles. The second kappa shape index (κ2) is 6.96. The molecule has 0 aliphatic carbocycles. The molecule has 1 heterocycles. The SMILES string of the molecule is COCCC(N)C(=O)Nc1cc(-c2nnco2)ccc1C. The number of nitrogens with one attached hydrogen (secondary N) is 1. The summed E-state index contributed by atoms with van der Waals surface area (Å²) in [6, 6.07) is 4.89. The van der Waals surface area contributed by atoms with Crippen LogP contribution in [0.2, 0.25) is 0 Å². The lowest BCUT2D eigenvalue weighted by atomic mass is 10.1. The number of hydrogen-bond acceptors (Lipinski definition) is 6. The van der Waals surface area contributed by atoms with Crippen molar-refractivity contribution in [3.63, 3.8) is 0 Å². The molecule has 1 unspecified atom stereocenters. The van der Waals surface area contributed by atoms with Crippen LogP contribution in [0.5, 0.6) is 0 Å². The van der Waals surface area contributed by atoms with Crippen LogP contribution in [-0.4, -0.2) is 35.9 Å². The molecule has 21 heavy (non-hydrogen) atoms. The van der Waals surface area contributed by atoms with Gasteiger partial charge in [0.05, 0.1) is 6.04 Å². The molecule has 0 fully saturated rings. The molecule has 1 atom stereocenters. The van der Waals surface area contributed by atoms with Crippen molar-refractivity contribution in [1.82, 2.24) is 10.2 Å². The summed E-state index contributed by atoms with van der Waals surface area (Å²) in [6.45, 7) is 2.34. The molecule has 2 rings (SSSR count). The highest BCUT2D eigenvalue weighted by Crippen LogP contribution is 2.23. The Labute approximate surface area is 122 Å². The summed E-state index contributed by atoms with van der Waals surface area (Å²) in [5.74, 6) is 0.145. The Hall–Kier alpha value is -2.25. The maximum Gasteiger partial charge on any atom is 0.247 e. The number of hydrogen-bond donors (Lipinski definition) is 2. The fraction of sp³-hybridized carbons (Fsp3) is 0.357. The summed E-state index contributed by atoms with van der Waals surface area (Å²) < 4.78 is 10.1. The van der Waals surface area contributed by atoms with Crippen LogP contribution in [0, 0.1) is 6.92 Å². The van der Waals surface area contributed by atoms with Gasteiger partial charge in [-0.25, -0.2) is 0 Å². The highest BCUT2D eigenvalue weighted by atomic mass is 16.5. The first-order valence-electron chi connectivity index (χ1n) is 6.54. The number of carbonyl (C=O) groups is 1. The molecule has 1 amide bonds. The van der Waals surface area contributed by atoms with E-state index in [0.717, 1.165) is 11.1 Å². The van der Waals surface area contributed by atoms with Gasteiger partial charge in [-0.05, 0) is 31.0 Å². The summed E-state index contributed by atoms with van der Waals surface area (Å²) in [6.07, 6.45) is 1.72. The van der Waals surface area contributed by atoms with Gasteiger partial charge in [-0.15, -0.1) is 10.2 Å². The minimum atomic E-state index is -0.614. The first-order chi connectivity index (χ1) is 10.1. The van der Waals surface area contributed by atoms with Gasteiger partial charge in [0.25, 0.3) is 0 Å². The van der Waals surface area contributed by atoms with Gasteiger partial charge in [0.15, 0.2) is 0 Å². The second-order valence-electron chi connectivity index (χ2n) is 4.65. The number of ether oxygens (including phenoxy) is 1. The van der Waals surface area contributed by atoms with E-state index in [9.17, 15) is 4.79 Å². The van der Waals surface area contributed by atoms with Crippen LogP contribution < -0.4 is 11.1 Å². The summed E-state index contributed by atoms with van der Waals surface area (Å²) in [5.41, 5.74) is 8.13. The largest absolute Gasteiger partial charge is 0.423 e. The fourth-order valence-electron chi connectivity index (χ4n) is 1.79. The highest BCUT2D eigenvalue weighted by molar-refractivity contribution is 5.95. The minimum absolute atomic E-state index is 0.252. The first kappa shape index (κ1) is 15.1. The van der Waals surface area contributed by atoms with Crippen LogP contribution in [0.3, 0.4) is 0 Å². The molecule has 0 bridgehead atoms. The molecule has 1 aromatic carbocycles.